The Morgan fingerprint density at radius 1 is 1.00 bits per heavy atom. The Labute approximate surface area is 72.8 Å². The van der Waals surface area contributed by atoms with Crippen LogP contribution in [0, 0.1) is 0 Å². The fourth-order valence-electron chi connectivity index (χ4n) is 1.85. The molecule has 1 fully saturated rings. The lowest BCUT2D eigenvalue weighted by molar-refractivity contribution is 0.474. The van der Waals surface area contributed by atoms with Crippen LogP contribution in [0.5, 0.6) is 0 Å². The van der Waals surface area contributed by atoms with Gasteiger partial charge in [-0.15, -0.1) is 0 Å². The molecule has 0 aromatic heterocycles. The second kappa shape index (κ2) is 4.23. The molecule has 1 saturated carbocycles. The highest BCUT2D eigenvalue weighted by Gasteiger charge is 2.21. The minimum absolute atomic E-state index is 0.0699. The Bertz CT molecular complexity index is 104. The van der Waals surface area contributed by atoms with Gasteiger partial charge in [-0.05, 0) is 0 Å². The quantitative estimate of drug-likeness (QED) is 0.500. The Kier molecular flexibility index (Phi) is 3.54. The summed E-state index contributed by atoms with van der Waals surface area (Å²) in [6, 6.07) is 0. The minimum atomic E-state index is 0.0699. The molecule has 2 heteroatoms. The molecule has 0 spiro atoms. The van der Waals surface area contributed by atoms with Gasteiger partial charge in [0.15, 0.2) is 0 Å². The summed E-state index contributed by atoms with van der Waals surface area (Å²) in [6.07, 6.45) is 9.22. The van der Waals surface area contributed by atoms with Crippen molar-refractivity contribution in [3.63, 3.8) is 0 Å². The SMILES string of the molecule is [B]C1([B]C)CCCCCCC1. The van der Waals surface area contributed by atoms with Crippen LogP contribution in [0.15, 0.2) is 0 Å². The first-order valence-corrected chi connectivity index (χ1v) is 4.86. The van der Waals surface area contributed by atoms with Gasteiger partial charge in [-0.25, -0.2) is 0 Å². The lowest BCUT2D eigenvalue weighted by Crippen LogP contribution is -2.20. The van der Waals surface area contributed by atoms with E-state index in [9.17, 15) is 0 Å². The van der Waals surface area contributed by atoms with Crippen molar-refractivity contribution in [2.24, 2.45) is 0 Å². The molecule has 0 nitrogen and oxygen atoms in total. The molecule has 0 N–H and O–H groups in total. The van der Waals surface area contributed by atoms with Gasteiger partial charge in [0.25, 0.3) is 0 Å². The van der Waals surface area contributed by atoms with Gasteiger partial charge in [-0.1, -0.05) is 57.0 Å². The number of hydrogen-bond acceptors (Lipinski definition) is 0. The Hall–Kier alpha value is 0.130. The molecule has 1 aliphatic carbocycles. The zero-order valence-corrected chi connectivity index (χ0v) is 7.60. The Balaban J connectivity index is 2.37. The summed E-state index contributed by atoms with van der Waals surface area (Å²) in [5, 5.41) is 0.0699. The second-order valence-corrected chi connectivity index (χ2v) is 3.79. The molecule has 3 radical (unpaired) electrons. The van der Waals surface area contributed by atoms with Crippen LogP contribution in [0.2, 0.25) is 12.0 Å². The molecule has 0 amide bonds. The van der Waals surface area contributed by atoms with Gasteiger partial charge in [0.1, 0.15) is 7.28 Å². The third kappa shape index (κ3) is 2.92. The van der Waals surface area contributed by atoms with Crippen molar-refractivity contribution < 1.29 is 0 Å². The van der Waals surface area contributed by atoms with Crippen LogP contribution < -0.4 is 0 Å². The fraction of sp³-hybridized carbons (Fsp3) is 1.00. The van der Waals surface area contributed by atoms with Crippen molar-refractivity contribution in [2.75, 3.05) is 0 Å². The van der Waals surface area contributed by atoms with Crippen molar-refractivity contribution >= 4 is 15.1 Å². The molecule has 11 heavy (non-hydrogen) atoms. The molecule has 0 aromatic carbocycles. The maximum Gasteiger partial charge on any atom is 0.103 e. The lowest BCUT2D eigenvalue weighted by atomic mass is 9.40. The molecule has 0 aliphatic heterocycles. The zero-order chi connectivity index (χ0) is 8.16. The summed E-state index contributed by atoms with van der Waals surface area (Å²) in [5.41, 5.74) is 0. The molecule has 0 aromatic rings. The molecule has 0 unspecified atom stereocenters. The first-order valence-electron chi connectivity index (χ1n) is 4.86. The van der Waals surface area contributed by atoms with E-state index in [1.165, 1.54) is 44.9 Å². The first kappa shape index (κ1) is 9.22. The molecule has 0 bridgehead atoms. The highest BCUT2D eigenvalue weighted by molar-refractivity contribution is 6.52. The zero-order valence-electron chi connectivity index (χ0n) is 7.60. The van der Waals surface area contributed by atoms with E-state index in [4.69, 9.17) is 7.85 Å². The van der Waals surface area contributed by atoms with Crippen LogP contribution in [0.3, 0.4) is 0 Å². The van der Waals surface area contributed by atoms with Crippen molar-refractivity contribution in [3.05, 3.63) is 0 Å². The van der Waals surface area contributed by atoms with Gasteiger partial charge in [-0.2, -0.15) is 0 Å². The third-order valence-corrected chi connectivity index (χ3v) is 2.86. The molecular weight excluding hydrogens is 130 g/mol. The standard InChI is InChI=1S/C9H17B2/c1-11-9(10)7-5-3-2-4-6-8-9/h2-8H2,1H3. The van der Waals surface area contributed by atoms with Crippen LogP contribution in [-0.4, -0.2) is 15.1 Å². The smallest absolute Gasteiger partial charge is 0.0922 e. The molecular formula is C9H17B2. The van der Waals surface area contributed by atoms with E-state index < -0.39 is 0 Å². The summed E-state index contributed by atoms with van der Waals surface area (Å²) in [5.74, 6) is 0. The van der Waals surface area contributed by atoms with Crippen LogP contribution in [-0.2, 0) is 0 Å². The molecule has 0 saturated heterocycles. The fourth-order valence-corrected chi connectivity index (χ4v) is 1.85. The van der Waals surface area contributed by atoms with Gasteiger partial charge in [0, 0.05) is 0 Å². The number of rotatable bonds is 1. The normalized spacial score (nSPS) is 25.2. The summed E-state index contributed by atoms with van der Waals surface area (Å²) in [6.45, 7) is 2.10. The summed E-state index contributed by atoms with van der Waals surface area (Å²) in [4.78, 5) is 0. The maximum absolute atomic E-state index is 6.17. The van der Waals surface area contributed by atoms with Crippen LogP contribution in [0.1, 0.15) is 44.9 Å². The van der Waals surface area contributed by atoms with Crippen LogP contribution in [0.25, 0.3) is 0 Å². The highest BCUT2D eigenvalue weighted by Crippen LogP contribution is 2.36. The second-order valence-electron chi connectivity index (χ2n) is 3.79. The van der Waals surface area contributed by atoms with Gasteiger partial charge in [-0.3, -0.25) is 0 Å². The van der Waals surface area contributed by atoms with E-state index in [1.54, 1.807) is 0 Å². The Morgan fingerprint density at radius 3 is 1.91 bits per heavy atom. The van der Waals surface area contributed by atoms with E-state index in [-0.39, 0.29) is 5.21 Å². The molecule has 0 heterocycles. The van der Waals surface area contributed by atoms with Crippen molar-refractivity contribution in [1.82, 2.24) is 0 Å². The Morgan fingerprint density at radius 2 is 1.45 bits per heavy atom. The predicted molar refractivity (Wildman–Crippen MR) is 52.4 cm³/mol. The maximum atomic E-state index is 6.17. The summed E-state index contributed by atoms with van der Waals surface area (Å²) in [7, 11) is 8.36. The van der Waals surface area contributed by atoms with Gasteiger partial charge in [0.2, 0.25) is 0 Å². The van der Waals surface area contributed by atoms with E-state index in [0.717, 1.165) is 0 Å². The molecule has 0 atom stereocenters. The van der Waals surface area contributed by atoms with E-state index in [2.05, 4.69) is 14.1 Å². The van der Waals surface area contributed by atoms with Gasteiger partial charge in [0.05, 0.1) is 7.85 Å². The van der Waals surface area contributed by atoms with Crippen LogP contribution in [0.4, 0.5) is 0 Å². The molecule has 1 aliphatic rings. The summed E-state index contributed by atoms with van der Waals surface area (Å²) < 4.78 is 0. The van der Waals surface area contributed by atoms with Crippen molar-refractivity contribution in [2.45, 2.75) is 57.0 Å². The van der Waals surface area contributed by atoms with E-state index in [1.807, 2.05) is 0 Å². The van der Waals surface area contributed by atoms with E-state index >= 15 is 0 Å². The molecule has 1 rings (SSSR count). The topological polar surface area (TPSA) is 0 Å². The average molecular weight is 147 g/mol. The van der Waals surface area contributed by atoms with Crippen molar-refractivity contribution in [3.8, 4) is 0 Å². The van der Waals surface area contributed by atoms with E-state index in [0.29, 0.717) is 0 Å². The predicted octanol–water partition coefficient (Wildman–Crippen LogP) is 2.77. The lowest BCUT2D eigenvalue weighted by Gasteiger charge is -2.30. The monoisotopic (exact) mass is 147 g/mol. The third-order valence-electron chi connectivity index (χ3n) is 2.86. The van der Waals surface area contributed by atoms with Gasteiger partial charge >= 0.3 is 0 Å². The largest absolute Gasteiger partial charge is 0.103 e. The minimum Gasteiger partial charge on any atom is -0.0922 e. The van der Waals surface area contributed by atoms with Gasteiger partial charge < -0.3 is 0 Å². The van der Waals surface area contributed by atoms with Crippen molar-refractivity contribution in [1.29, 1.82) is 0 Å². The highest BCUT2D eigenvalue weighted by atomic mass is 14.1. The number of hydrogen-bond donors (Lipinski definition) is 0. The molecule has 59 valence electrons. The van der Waals surface area contributed by atoms with Crippen LogP contribution >= 0.6 is 0 Å². The average Bonchev–Trinajstić information content (AvgIpc) is 1.98. The summed E-state index contributed by atoms with van der Waals surface area (Å²) >= 11 is 0. The first-order chi connectivity index (χ1) is 5.27.